The fourth-order valence-electron chi connectivity index (χ4n) is 0.529. The lowest BCUT2D eigenvalue weighted by Gasteiger charge is -2.13. The Kier molecular flexibility index (Phi) is 4.53. The van der Waals surface area contributed by atoms with Gasteiger partial charge < -0.3 is 0 Å². The first-order valence-corrected chi connectivity index (χ1v) is 2.92. The lowest BCUT2D eigenvalue weighted by atomic mass is 10.2. The fraction of sp³-hybridized carbons (Fsp3) is 1.00. The summed E-state index contributed by atoms with van der Waals surface area (Å²) < 4.78 is 23.6. The minimum absolute atomic E-state index is 0.429. The molecule has 1 atom stereocenters. The van der Waals surface area contributed by atoms with E-state index < -0.39 is 12.5 Å². The van der Waals surface area contributed by atoms with E-state index >= 15 is 0 Å². The summed E-state index contributed by atoms with van der Waals surface area (Å²) >= 11 is 0. The van der Waals surface area contributed by atoms with Gasteiger partial charge in [-0.15, -0.1) is 0 Å². The molecule has 2 nitrogen and oxygen atoms in total. The van der Waals surface area contributed by atoms with Crippen LogP contribution in [0.5, 0.6) is 0 Å². The number of halogens is 2. The molecule has 0 rings (SSSR count). The molecule has 0 unspecified atom stereocenters. The number of rotatable bonds is 4. The third-order valence-corrected chi connectivity index (χ3v) is 1.07. The minimum atomic E-state index is -2.29. The number of nitrogens with one attached hydrogen (secondary N) is 2. The van der Waals surface area contributed by atoms with Crippen molar-refractivity contribution < 1.29 is 8.78 Å². The van der Waals surface area contributed by atoms with Crippen LogP contribution in [0.4, 0.5) is 8.78 Å². The molecular formula is C5H12F2N2. The SMILES string of the molecule is CC[C@H](NNC)C(F)F. The van der Waals surface area contributed by atoms with Crippen molar-refractivity contribution in [3.05, 3.63) is 0 Å². The standard InChI is InChI=1S/C5H12F2N2/c1-3-4(5(6)7)9-8-2/h4-5,8-9H,3H2,1-2H3/t4-/m0/s1. The van der Waals surface area contributed by atoms with Gasteiger partial charge in [-0.2, -0.15) is 0 Å². The van der Waals surface area contributed by atoms with Crippen LogP contribution < -0.4 is 10.9 Å². The maximum atomic E-state index is 11.8. The van der Waals surface area contributed by atoms with E-state index in [-0.39, 0.29) is 0 Å². The molecule has 2 N–H and O–H groups in total. The van der Waals surface area contributed by atoms with Gasteiger partial charge in [0.15, 0.2) is 0 Å². The van der Waals surface area contributed by atoms with E-state index in [1.54, 1.807) is 14.0 Å². The van der Waals surface area contributed by atoms with Gasteiger partial charge in [-0.1, -0.05) is 6.92 Å². The summed E-state index contributed by atoms with van der Waals surface area (Å²) in [7, 11) is 1.57. The first kappa shape index (κ1) is 8.78. The zero-order chi connectivity index (χ0) is 7.28. The number of alkyl halides is 2. The van der Waals surface area contributed by atoms with Crippen LogP contribution in [0.15, 0.2) is 0 Å². The highest BCUT2D eigenvalue weighted by Crippen LogP contribution is 2.02. The van der Waals surface area contributed by atoms with Crippen LogP contribution >= 0.6 is 0 Å². The fourth-order valence-corrected chi connectivity index (χ4v) is 0.529. The molecule has 0 fully saturated rings. The second kappa shape index (κ2) is 4.64. The number of hydrogen-bond acceptors (Lipinski definition) is 2. The van der Waals surface area contributed by atoms with Crippen LogP contribution in [0, 0.1) is 0 Å². The highest BCUT2D eigenvalue weighted by molar-refractivity contribution is 4.62. The summed E-state index contributed by atoms with van der Waals surface area (Å²) in [6, 6.07) is -0.727. The molecule has 0 amide bonds. The normalized spacial score (nSPS) is 14.3. The van der Waals surface area contributed by atoms with Gasteiger partial charge in [0.1, 0.15) is 0 Å². The molecule has 0 aromatic rings. The Morgan fingerprint density at radius 2 is 2.00 bits per heavy atom. The molecule has 0 radical (unpaired) electrons. The molecule has 0 saturated carbocycles. The second-order valence-corrected chi connectivity index (χ2v) is 1.74. The van der Waals surface area contributed by atoms with Crippen molar-refractivity contribution in [1.82, 2.24) is 10.9 Å². The first-order chi connectivity index (χ1) is 4.22. The third-order valence-electron chi connectivity index (χ3n) is 1.07. The van der Waals surface area contributed by atoms with Gasteiger partial charge in [-0.25, -0.2) is 14.2 Å². The molecule has 0 aromatic heterocycles. The average molecular weight is 138 g/mol. The van der Waals surface area contributed by atoms with E-state index in [0.29, 0.717) is 6.42 Å². The molecular weight excluding hydrogens is 126 g/mol. The summed E-state index contributed by atoms with van der Waals surface area (Å²) in [5.41, 5.74) is 4.90. The van der Waals surface area contributed by atoms with Crippen LogP contribution in [0.2, 0.25) is 0 Å². The largest absolute Gasteiger partial charge is 0.260 e. The van der Waals surface area contributed by atoms with E-state index in [0.717, 1.165) is 0 Å². The summed E-state index contributed by atoms with van der Waals surface area (Å²) in [6.45, 7) is 1.71. The van der Waals surface area contributed by atoms with Gasteiger partial charge >= 0.3 is 0 Å². The molecule has 4 heteroatoms. The molecule has 0 spiro atoms. The Balaban J connectivity index is 3.41. The van der Waals surface area contributed by atoms with E-state index in [9.17, 15) is 8.78 Å². The quantitative estimate of drug-likeness (QED) is 0.560. The van der Waals surface area contributed by atoms with Crippen LogP contribution in [0.3, 0.4) is 0 Å². The molecule has 0 heterocycles. The average Bonchev–Trinajstić information content (AvgIpc) is 1.82. The summed E-state index contributed by atoms with van der Waals surface area (Å²) in [4.78, 5) is 0. The molecule has 0 aromatic carbocycles. The Morgan fingerprint density at radius 1 is 1.44 bits per heavy atom. The van der Waals surface area contributed by atoms with Crippen LogP contribution in [0.25, 0.3) is 0 Å². The monoisotopic (exact) mass is 138 g/mol. The van der Waals surface area contributed by atoms with Gasteiger partial charge in [0, 0.05) is 0 Å². The third kappa shape index (κ3) is 3.37. The number of hydrazine groups is 1. The molecule has 56 valence electrons. The Bertz CT molecular complexity index is 68.0. The minimum Gasteiger partial charge on any atom is -0.260 e. The van der Waals surface area contributed by atoms with Crippen molar-refractivity contribution in [2.24, 2.45) is 0 Å². The van der Waals surface area contributed by atoms with Crippen LogP contribution in [0.1, 0.15) is 13.3 Å². The van der Waals surface area contributed by atoms with Gasteiger partial charge in [-0.3, -0.25) is 5.43 Å². The summed E-state index contributed by atoms with van der Waals surface area (Å²) in [6.07, 6.45) is -1.86. The predicted octanol–water partition coefficient (Wildman–Crippen LogP) is 0.754. The molecule has 0 bridgehead atoms. The predicted molar refractivity (Wildman–Crippen MR) is 32.3 cm³/mol. The highest BCUT2D eigenvalue weighted by atomic mass is 19.3. The van der Waals surface area contributed by atoms with E-state index in [1.165, 1.54) is 0 Å². The summed E-state index contributed by atoms with van der Waals surface area (Å²) in [5, 5.41) is 0. The van der Waals surface area contributed by atoms with Gasteiger partial charge in [0.2, 0.25) is 0 Å². The Morgan fingerprint density at radius 3 is 2.11 bits per heavy atom. The van der Waals surface area contributed by atoms with Gasteiger partial charge in [-0.05, 0) is 13.5 Å². The van der Waals surface area contributed by atoms with Crippen molar-refractivity contribution in [2.75, 3.05) is 7.05 Å². The van der Waals surface area contributed by atoms with Crippen molar-refractivity contribution in [3.8, 4) is 0 Å². The maximum Gasteiger partial charge on any atom is 0.255 e. The second-order valence-electron chi connectivity index (χ2n) is 1.74. The lowest BCUT2D eigenvalue weighted by molar-refractivity contribution is 0.0904. The van der Waals surface area contributed by atoms with Gasteiger partial charge in [0.25, 0.3) is 6.43 Å². The Hall–Kier alpha value is -0.220. The summed E-state index contributed by atoms with van der Waals surface area (Å²) in [5.74, 6) is 0. The molecule has 9 heavy (non-hydrogen) atoms. The molecule has 0 aliphatic heterocycles. The van der Waals surface area contributed by atoms with E-state index in [2.05, 4.69) is 10.9 Å². The topological polar surface area (TPSA) is 24.1 Å². The van der Waals surface area contributed by atoms with Crippen molar-refractivity contribution in [1.29, 1.82) is 0 Å². The number of hydrogen-bond donors (Lipinski definition) is 2. The van der Waals surface area contributed by atoms with E-state index in [1.807, 2.05) is 0 Å². The van der Waals surface area contributed by atoms with Crippen molar-refractivity contribution in [2.45, 2.75) is 25.8 Å². The zero-order valence-electron chi connectivity index (χ0n) is 5.62. The molecule has 0 aliphatic rings. The van der Waals surface area contributed by atoms with Crippen molar-refractivity contribution >= 4 is 0 Å². The first-order valence-electron chi connectivity index (χ1n) is 2.92. The van der Waals surface area contributed by atoms with Gasteiger partial charge in [0.05, 0.1) is 6.04 Å². The highest BCUT2D eigenvalue weighted by Gasteiger charge is 2.15. The molecule has 0 saturated heterocycles. The maximum absolute atomic E-state index is 11.8. The van der Waals surface area contributed by atoms with E-state index in [4.69, 9.17) is 0 Å². The van der Waals surface area contributed by atoms with Crippen LogP contribution in [-0.2, 0) is 0 Å². The smallest absolute Gasteiger partial charge is 0.255 e. The van der Waals surface area contributed by atoms with Crippen molar-refractivity contribution in [3.63, 3.8) is 0 Å². The zero-order valence-corrected chi connectivity index (χ0v) is 5.62. The lowest BCUT2D eigenvalue weighted by Crippen LogP contribution is -2.42. The molecule has 0 aliphatic carbocycles. The van der Waals surface area contributed by atoms with Crippen LogP contribution in [-0.4, -0.2) is 19.5 Å². The Labute approximate surface area is 53.6 Å².